The lowest BCUT2D eigenvalue weighted by Crippen LogP contribution is -2.13. The maximum Gasteiger partial charge on any atom is 0.255 e. The van der Waals surface area contributed by atoms with Crippen LogP contribution in [-0.2, 0) is 6.54 Å². The number of nitrogens with two attached hydrogens (primary N) is 1. The van der Waals surface area contributed by atoms with E-state index in [1.165, 1.54) is 18.2 Å². The second-order valence-corrected chi connectivity index (χ2v) is 6.24. The fourth-order valence-electron chi connectivity index (χ4n) is 2.92. The number of anilines is 2. The number of nitrogens with one attached hydrogen (secondary N) is 1. The molecule has 6 heteroatoms. The van der Waals surface area contributed by atoms with Gasteiger partial charge < -0.3 is 11.1 Å². The molecule has 1 amide bonds. The SMILES string of the molecule is Nc1ccc(F)cc1NC(=O)c1ccc(Cn2ncc3ccccc32)cc1. The van der Waals surface area contributed by atoms with Crippen molar-refractivity contribution in [3.05, 3.63) is 89.9 Å². The minimum atomic E-state index is -0.457. The van der Waals surface area contributed by atoms with Gasteiger partial charge in [0, 0.05) is 10.9 Å². The first-order valence-corrected chi connectivity index (χ1v) is 8.46. The topological polar surface area (TPSA) is 72.9 Å². The molecule has 3 N–H and O–H groups in total. The molecule has 3 aromatic carbocycles. The molecule has 0 bridgehead atoms. The molecule has 5 nitrogen and oxygen atoms in total. The van der Waals surface area contributed by atoms with Crippen molar-refractivity contribution < 1.29 is 9.18 Å². The average Bonchev–Trinajstić information content (AvgIpc) is 3.08. The summed E-state index contributed by atoms with van der Waals surface area (Å²) in [6.07, 6.45) is 1.83. The molecule has 4 rings (SSSR count). The number of aromatic nitrogens is 2. The molecular weight excluding hydrogens is 343 g/mol. The van der Waals surface area contributed by atoms with Crippen molar-refractivity contribution >= 4 is 28.2 Å². The number of nitrogens with zero attached hydrogens (tertiary/aromatic N) is 2. The number of rotatable bonds is 4. The Kier molecular flexibility index (Phi) is 4.30. The molecule has 4 aromatic rings. The number of carbonyl (C=O) groups excluding carboxylic acids is 1. The molecule has 134 valence electrons. The van der Waals surface area contributed by atoms with Crippen LogP contribution in [0.4, 0.5) is 15.8 Å². The molecule has 0 radical (unpaired) electrons. The summed E-state index contributed by atoms with van der Waals surface area (Å²) in [5.74, 6) is -0.801. The van der Waals surface area contributed by atoms with Gasteiger partial charge >= 0.3 is 0 Å². The van der Waals surface area contributed by atoms with Crippen molar-refractivity contribution in [1.82, 2.24) is 9.78 Å². The van der Waals surface area contributed by atoms with Gasteiger partial charge in [0.25, 0.3) is 5.91 Å². The molecule has 0 fully saturated rings. The van der Waals surface area contributed by atoms with Crippen LogP contribution in [0.25, 0.3) is 10.9 Å². The summed E-state index contributed by atoms with van der Waals surface area (Å²) in [6, 6.07) is 19.1. The molecule has 1 aromatic heterocycles. The Morgan fingerprint density at radius 2 is 1.85 bits per heavy atom. The van der Waals surface area contributed by atoms with Crippen LogP contribution in [0.15, 0.2) is 72.9 Å². The number of benzene rings is 3. The fraction of sp³-hybridized carbons (Fsp3) is 0.0476. The van der Waals surface area contributed by atoms with Crippen molar-refractivity contribution in [3.63, 3.8) is 0 Å². The monoisotopic (exact) mass is 360 g/mol. The predicted octanol–water partition coefficient (Wildman–Crippen LogP) is 4.06. The van der Waals surface area contributed by atoms with Gasteiger partial charge in [-0.25, -0.2) is 4.39 Å². The lowest BCUT2D eigenvalue weighted by molar-refractivity contribution is 0.102. The molecule has 0 saturated carbocycles. The zero-order chi connectivity index (χ0) is 18.8. The van der Waals surface area contributed by atoms with E-state index in [-0.39, 0.29) is 11.6 Å². The first-order valence-electron chi connectivity index (χ1n) is 8.46. The Bertz CT molecular complexity index is 1120. The molecule has 0 saturated heterocycles. The Balaban J connectivity index is 1.50. The number of amides is 1. The molecule has 0 spiro atoms. The lowest BCUT2D eigenvalue weighted by atomic mass is 10.1. The zero-order valence-corrected chi connectivity index (χ0v) is 14.4. The molecule has 1 heterocycles. The third-order valence-corrected chi connectivity index (χ3v) is 4.36. The quantitative estimate of drug-likeness (QED) is 0.539. The summed E-state index contributed by atoms with van der Waals surface area (Å²) >= 11 is 0. The van der Waals surface area contributed by atoms with E-state index in [0.29, 0.717) is 17.8 Å². The zero-order valence-electron chi connectivity index (χ0n) is 14.4. The normalized spacial score (nSPS) is 10.9. The fourth-order valence-corrected chi connectivity index (χ4v) is 2.92. The molecule has 0 aliphatic heterocycles. The highest BCUT2D eigenvalue weighted by atomic mass is 19.1. The van der Waals surface area contributed by atoms with Crippen LogP contribution in [0.2, 0.25) is 0 Å². The number of carbonyl (C=O) groups is 1. The number of halogens is 1. The first-order chi connectivity index (χ1) is 13.1. The van der Waals surface area contributed by atoms with Gasteiger partial charge in [0.05, 0.1) is 29.6 Å². The molecule has 0 atom stereocenters. The van der Waals surface area contributed by atoms with Crippen LogP contribution >= 0.6 is 0 Å². The van der Waals surface area contributed by atoms with Gasteiger partial charge in [0.1, 0.15) is 5.82 Å². The Morgan fingerprint density at radius 1 is 1.07 bits per heavy atom. The molecular formula is C21H17FN4O. The molecule has 0 unspecified atom stereocenters. The third-order valence-electron chi connectivity index (χ3n) is 4.36. The molecule has 0 aliphatic rings. The maximum absolute atomic E-state index is 13.3. The number of fused-ring (bicyclic) bond motifs is 1. The molecule has 27 heavy (non-hydrogen) atoms. The standard InChI is InChI=1S/C21H17FN4O/c22-17-9-10-18(23)19(11-17)25-21(27)15-7-5-14(6-8-15)13-26-20-4-2-1-3-16(20)12-24-26/h1-12H,13,23H2,(H,25,27). The average molecular weight is 360 g/mol. The lowest BCUT2D eigenvalue weighted by Gasteiger charge is -2.09. The van der Waals surface area contributed by atoms with Crippen LogP contribution in [0.5, 0.6) is 0 Å². The van der Waals surface area contributed by atoms with Crippen LogP contribution < -0.4 is 11.1 Å². The summed E-state index contributed by atoms with van der Waals surface area (Å²) < 4.78 is 15.2. The second kappa shape index (κ2) is 6.92. The number of hydrogen-bond acceptors (Lipinski definition) is 3. The van der Waals surface area contributed by atoms with Gasteiger partial charge in [-0.05, 0) is 42.0 Å². The van der Waals surface area contributed by atoms with Crippen molar-refractivity contribution in [2.75, 3.05) is 11.1 Å². The Hall–Kier alpha value is -3.67. The number of nitrogen functional groups attached to an aromatic ring is 1. The maximum atomic E-state index is 13.3. The smallest absolute Gasteiger partial charge is 0.255 e. The highest BCUT2D eigenvalue weighted by Crippen LogP contribution is 2.20. The van der Waals surface area contributed by atoms with E-state index in [1.54, 1.807) is 12.1 Å². The van der Waals surface area contributed by atoms with Gasteiger partial charge in [0.15, 0.2) is 0 Å². The third kappa shape index (κ3) is 3.50. The van der Waals surface area contributed by atoms with E-state index >= 15 is 0 Å². The van der Waals surface area contributed by atoms with Crippen molar-refractivity contribution in [2.24, 2.45) is 0 Å². The summed E-state index contributed by atoms with van der Waals surface area (Å²) in [5.41, 5.74) is 8.88. The number of para-hydroxylation sites is 1. The van der Waals surface area contributed by atoms with Crippen LogP contribution in [-0.4, -0.2) is 15.7 Å². The highest BCUT2D eigenvalue weighted by Gasteiger charge is 2.10. The largest absolute Gasteiger partial charge is 0.397 e. The summed E-state index contributed by atoms with van der Waals surface area (Å²) in [4.78, 5) is 12.4. The van der Waals surface area contributed by atoms with Gasteiger partial charge in [-0.3, -0.25) is 9.48 Å². The highest BCUT2D eigenvalue weighted by molar-refractivity contribution is 6.05. The minimum Gasteiger partial charge on any atom is -0.397 e. The van der Waals surface area contributed by atoms with Crippen molar-refractivity contribution in [1.29, 1.82) is 0 Å². The predicted molar refractivity (Wildman–Crippen MR) is 104 cm³/mol. The van der Waals surface area contributed by atoms with E-state index in [9.17, 15) is 9.18 Å². The Labute approximate surface area is 155 Å². The first kappa shape index (κ1) is 16.8. The van der Waals surface area contributed by atoms with E-state index in [4.69, 9.17) is 5.73 Å². The summed E-state index contributed by atoms with van der Waals surface area (Å²) in [5, 5.41) is 8.13. The molecule has 0 aliphatic carbocycles. The number of hydrogen-bond donors (Lipinski definition) is 2. The summed E-state index contributed by atoms with van der Waals surface area (Å²) in [7, 11) is 0. The van der Waals surface area contributed by atoms with Crippen LogP contribution in [0.1, 0.15) is 15.9 Å². The Morgan fingerprint density at radius 3 is 2.67 bits per heavy atom. The van der Waals surface area contributed by atoms with Crippen LogP contribution in [0, 0.1) is 5.82 Å². The van der Waals surface area contributed by atoms with Gasteiger partial charge in [-0.15, -0.1) is 0 Å². The van der Waals surface area contributed by atoms with Gasteiger partial charge in [-0.1, -0.05) is 30.3 Å². The van der Waals surface area contributed by atoms with Crippen molar-refractivity contribution in [2.45, 2.75) is 6.54 Å². The van der Waals surface area contributed by atoms with Gasteiger partial charge in [-0.2, -0.15) is 5.10 Å². The summed E-state index contributed by atoms with van der Waals surface area (Å²) in [6.45, 7) is 0.603. The van der Waals surface area contributed by atoms with Gasteiger partial charge in [0.2, 0.25) is 0 Å². The minimum absolute atomic E-state index is 0.257. The van der Waals surface area contributed by atoms with E-state index in [0.717, 1.165) is 16.5 Å². The van der Waals surface area contributed by atoms with Crippen molar-refractivity contribution in [3.8, 4) is 0 Å². The van der Waals surface area contributed by atoms with E-state index < -0.39 is 5.82 Å². The second-order valence-electron chi connectivity index (χ2n) is 6.24. The van der Waals surface area contributed by atoms with E-state index in [2.05, 4.69) is 10.4 Å². The van der Waals surface area contributed by atoms with Crippen LogP contribution in [0.3, 0.4) is 0 Å². The van der Waals surface area contributed by atoms with E-state index in [1.807, 2.05) is 47.3 Å².